The highest BCUT2D eigenvalue weighted by molar-refractivity contribution is 6.30. The Balaban J connectivity index is 1.05. The first-order valence-electron chi connectivity index (χ1n) is 15.6. The van der Waals surface area contributed by atoms with Gasteiger partial charge in [0.25, 0.3) is 5.79 Å². The number of ether oxygens (including phenoxy) is 2. The molecule has 4 heterocycles. The number of carbonyl (C=O) groups is 1. The molecular weight excluding hydrogens is 609 g/mol. The Morgan fingerprint density at radius 1 is 1.11 bits per heavy atom. The number of likely N-dealkylation sites (tertiary alicyclic amines) is 1. The number of benzene rings is 3. The first-order valence-corrected chi connectivity index (χ1v) is 16.0. The fourth-order valence-corrected chi connectivity index (χ4v) is 6.86. The number of rotatable bonds is 9. The van der Waals surface area contributed by atoms with E-state index in [0.29, 0.717) is 41.1 Å². The first kappa shape index (κ1) is 30.3. The molecule has 9 nitrogen and oxygen atoms in total. The van der Waals surface area contributed by atoms with Crippen molar-refractivity contribution in [3.63, 3.8) is 0 Å². The molecule has 5 aromatic rings. The zero-order valence-electron chi connectivity index (χ0n) is 25.7. The van der Waals surface area contributed by atoms with Gasteiger partial charge in [0, 0.05) is 24.7 Å². The van der Waals surface area contributed by atoms with Crippen molar-refractivity contribution in [2.75, 3.05) is 13.1 Å². The Morgan fingerprint density at radius 3 is 2.70 bits per heavy atom. The minimum Gasteiger partial charge on any atom is -0.478 e. The van der Waals surface area contributed by atoms with Crippen LogP contribution < -0.4 is 9.47 Å². The van der Waals surface area contributed by atoms with Crippen molar-refractivity contribution in [1.82, 2.24) is 24.0 Å². The van der Waals surface area contributed by atoms with Crippen LogP contribution in [0.15, 0.2) is 67.1 Å². The molecule has 2 aromatic heterocycles. The van der Waals surface area contributed by atoms with Gasteiger partial charge in [-0.3, -0.25) is 4.90 Å². The summed E-state index contributed by atoms with van der Waals surface area (Å²) in [7, 11) is 0. The monoisotopic (exact) mass is 643 g/mol. The molecule has 1 fully saturated rings. The molecule has 1 atom stereocenters. The summed E-state index contributed by atoms with van der Waals surface area (Å²) < 4.78 is 31.5. The second-order valence-electron chi connectivity index (χ2n) is 12.2. The van der Waals surface area contributed by atoms with Crippen LogP contribution in [0.2, 0.25) is 5.02 Å². The van der Waals surface area contributed by atoms with E-state index < -0.39 is 17.6 Å². The molecule has 7 rings (SSSR count). The number of para-hydroxylation sites is 1. The van der Waals surface area contributed by atoms with Gasteiger partial charge in [0.05, 0.1) is 47.3 Å². The molecule has 2 aliphatic heterocycles. The molecule has 238 valence electrons. The van der Waals surface area contributed by atoms with Crippen LogP contribution in [0.1, 0.15) is 59.7 Å². The van der Waals surface area contributed by atoms with Crippen molar-refractivity contribution in [2.45, 2.75) is 58.5 Å². The van der Waals surface area contributed by atoms with Crippen LogP contribution in [0.5, 0.6) is 11.5 Å². The van der Waals surface area contributed by atoms with Crippen molar-refractivity contribution in [3.8, 4) is 11.5 Å². The molecule has 3 aromatic carbocycles. The SMILES string of the molecule is CCn1cncc1Cn1c(CN2CCC(Cc3cccc4c3O[C@](C)(c3ccc(Cl)cc3F)O4)CC2)nc2ccc(C(=O)O)cc21. The van der Waals surface area contributed by atoms with Gasteiger partial charge in [-0.25, -0.2) is 19.2 Å². The molecule has 2 aliphatic rings. The average molecular weight is 644 g/mol. The van der Waals surface area contributed by atoms with Crippen molar-refractivity contribution in [3.05, 3.63) is 106 Å². The number of halogens is 2. The topological polar surface area (TPSA) is 94.6 Å². The highest BCUT2D eigenvalue weighted by atomic mass is 35.5. The van der Waals surface area contributed by atoms with Crippen LogP contribution in [0, 0.1) is 11.7 Å². The normalized spacial score (nSPS) is 18.4. The third-order valence-electron chi connectivity index (χ3n) is 9.20. The van der Waals surface area contributed by atoms with Gasteiger partial charge in [-0.05, 0) is 93.2 Å². The van der Waals surface area contributed by atoms with Crippen molar-refractivity contribution in [2.24, 2.45) is 5.92 Å². The molecule has 1 saturated heterocycles. The number of piperidine rings is 1. The third kappa shape index (κ3) is 5.71. The Kier molecular flexibility index (Phi) is 7.94. The molecule has 0 spiro atoms. The van der Waals surface area contributed by atoms with Gasteiger partial charge < -0.3 is 23.7 Å². The van der Waals surface area contributed by atoms with E-state index in [9.17, 15) is 14.3 Å². The molecule has 1 N–H and O–H groups in total. The fraction of sp³-hybridized carbons (Fsp3) is 0.343. The van der Waals surface area contributed by atoms with Crippen LogP contribution >= 0.6 is 11.6 Å². The van der Waals surface area contributed by atoms with E-state index in [1.54, 1.807) is 37.3 Å². The summed E-state index contributed by atoms with van der Waals surface area (Å²) >= 11 is 5.98. The summed E-state index contributed by atoms with van der Waals surface area (Å²) in [6.07, 6.45) is 6.50. The van der Waals surface area contributed by atoms with E-state index in [1.165, 1.54) is 6.07 Å². The Labute approximate surface area is 271 Å². The minimum atomic E-state index is -1.28. The highest BCUT2D eigenvalue weighted by Gasteiger charge is 2.42. The van der Waals surface area contributed by atoms with E-state index in [2.05, 4.69) is 32.0 Å². The van der Waals surface area contributed by atoms with E-state index >= 15 is 0 Å². The largest absolute Gasteiger partial charge is 0.478 e. The number of carboxylic acids is 1. The maximum atomic E-state index is 14.8. The van der Waals surface area contributed by atoms with Gasteiger partial charge in [-0.2, -0.15) is 0 Å². The lowest BCUT2D eigenvalue weighted by Gasteiger charge is -2.32. The Bertz CT molecular complexity index is 1930. The highest BCUT2D eigenvalue weighted by Crippen LogP contribution is 2.47. The molecule has 0 unspecified atom stereocenters. The maximum Gasteiger partial charge on any atom is 0.335 e. The van der Waals surface area contributed by atoms with Crippen molar-refractivity contribution >= 4 is 28.6 Å². The molecular formula is C35H35ClFN5O4. The Morgan fingerprint density at radius 2 is 1.93 bits per heavy atom. The van der Waals surface area contributed by atoms with Crippen LogP contribution in [0.3, 0.4) is 0 Å². The first-order chi connectivity index (χ1) is 22.2. The van der Waals surface area contributed by atoms with Crippen molar-refractivity contribution in [1.29, 1.82) is 0 Å². The summed E-state index contributed by atoms with van der Waals surface area (Å²) in [6, 6.07) is 15.5. The van der Waals surface area contributed by atoms with E-state index in [4.69, 9.17) is 26.1 Å². The number of hydrogen-bond acceptors (Lipinski definition) is 6. The summed E-state index contributed by atoms with van der Waals surface area (Å²) in [5.41, 5.74) is 4.22. The molecule has 0 radical (unpaired) electrons. The molecule has 0 amide bonds. The molecule has 0 bridgehead atoms. The van der Waals surface area contributed by atoms with Gasteiger partial charge in [0.15, 0.2) is 11.5 Å². The van der Waals surface area contributed by atoms with E-state index in [-0.39, 0.29) is 5.56 Å². The number of imidazole rings is 2. The fourth-order valence-electron chi connectivity index (χ4n) is 6.70. The maximum absolute atomic E-state index is 14.8. The average Bonchev–Trinajstić information content (AvgIpc) is 3.73. The van der Waals surface area contributed by atoms with Crippen LogP contribution in [-0.2, 0) is 31.8 Å². The van der Waals surface area contributed by atoms with Crippen LogP contribution in [-0.4, -0.2) is 48.2 Å². The van der Waals surface area contributed by atoms with Gasteiger partial charge in [-0.1, -0.05) is 23.7 Å². The van der Waals surface area contributed by atoms with E-state index in [1.807, 2.05) is 24.7 Å². The number of nitrogens with zero attached hydrogens (tertiary/aromatic N) is 5. The summed E-state index contributed by atoms with van der Waals surface area (Å²) in [5.74, 6) is -0.0737. The number of aromatic carboxylic acids is 1. The summed E-state index contributed by atoms with van der Waals surface area (Å²) in [4.78, 5) is 23.5. The lowest BCUT2D eigenvalue weighted by molar-refractivity contribution is -0.0711. The molecule has 0 aliphatic carbocycles. The zero-order valence-corrected chi connectivity index (χ0v) is 26.5. The number of carboxylic acid groups (broad SMARTS) is 1. The zero-order chi connectivity index (χ0) is 32.0. The van der Waals surface area contributed by atoms with Crippen molar-refractivity contribution < 1.29 is 23.8 Å². The lowest BCUT2D eigenvalue weighted by atomic mass is 9.89. The third-order valence-corrected chi connectivity index (χ3v) is 9.43. The number of fused-ring (bicyclic) bond motifs is 2. The quantitative estimate of drug-likeness (QED) is 0.187. The van der Waals surface area contributed by atoms with Crippen LogP contribution in [0.25, 0.3) is 11.0 Å². The minimum absolute atomic E-state index is 0.241. The van der Waals surface area contributed by atoms with Gasteiger partial charge >= 0.3 is 5.97 Å². The lowest BCUT2D eigenvalue weighted by Crippen LogP contribution is -2.35. The summed E-state index contributed by atoms with van der Waals surface area (Å²) in [6.45, 7) is 7.62. The second kappa shape index (κ2) is 12.1. The number of aromatic nitrogens is 4. The predicted molar refractivity (Wildman–Crippen MR) is 172 cm³/mol. The molecule has 0 saturated carbocycles. The van der Waals surface area contributed by atoms with Gasteiger partial charge in [0.1, 0.15) is 11.6 Å². The summed E-state index contributed by atoms with van der Waals surface area (Å²) in [5, 5.41) is 9.96. The number of aryl methyl sites for hydroxylation is 1. The second-order valence-corrected chi connectivity index (χ2v) is 12.7. The smallest absolute Gasteiger partial charge is 0.335 e. The number of hydrogen-bond donors (Lipinski definition) is 1. The predicted octanol–water partition coefficient (Wildman–Crippen LogP) is 6.89. The van der Waals surface area contributed by atoms with Gasteiger partial charge in [0.2, 0.25) is 0 Å². The standard InChI is InChI=1S/C35H35ClFN5O4/c1-3-41-21-38-18-26(41)19-42-30-16-24(34(43)44)7-10-29(30)39-32(42)20-40-13-11-22(12-14-40)15-23-5-4-6-31-33(23)46-35(2,45-31)27-9-8-25(36)17-28(27)37/h4-10,16-18,21-22H,3,11-15,19-20H2,1-2H3,(H,43,44)/t35-/m1/s1. The van der Waals surface area contributed by atoms with Gasteiger partial charge in [-0.15, -0.1) is 0 Å². The Hall–Kier alpha value is -4.41. The molecule has 11 heteroatoms. The van der Waals surface area contributed by atoms with Crippen LogP contribution in [0.4, 0.5) is 4.39 Å². The molecule has 46 heavy (non-hydrogen) atoms. The van der Waals surface area contributed by atoms with E-state index in [0.717, 1.165) is 67.0 Å².